The molecule has 7 heteroatoms. The lowest BCUT2D eigenvalue weighted by molar-refractivity contribution is 0.625. The van der Waals surface area contributed by atoms with Gasteiger partial charge in [0.15, 0.2) is 5.76 Å². The highest BCUT2D eigenvalue weighted by atomic mass is 35.5. The second-order valence-corrected chi connectivity index (χ2v) is 6.55. The van der Waals surface area contributed by atoms with Gasteiger partial charge in [-0.1, -0.05) is 31.0 Å². The highest BCUT2D eigenvalue weighted by molar-refractivity contribution is 6.31. The molecule has 0 aliphatic rings. The quantitative estimate of drug-likeness (QED) is 0.510. The number of nitrogens with one attached hydrogen (secondary N) is 2. The summed E-state index contributed by atoms with van der Waals surface area (Å²) in [5, 5.41) is 19.0. The van der Waals surface area contributed by atoms with E-state index >= 15 is 0 Å². The van der Waals surface area contributed by atoms with Crippen molar-refractivity contribution in [3.05, 3.63) is 58.6 Å². The van der Waals surface area contributed by atoms with E-state index in [-0.39, 0.29) is 0 Å². The number of aryl methyl sites for hydroxylation is 1. The number of fused-ring (bicyclic) bond motifs is 1. The van der Waals surface area contributed by atoms with E-state index in [4.69, 9.17) is 16.0 Å². The molecular formula is C19H18ClN5O. The Kier molecular flexibility index (Phi) is 4.58. The van der Waals surface area contributed by atoms with Gasteiger partial charge >= 0.3 is 0 Å². The molecule has 0 saturated heterocycles. The third-order valence-corrected chi connectivity index (χ3v) is 4.59. The molecule has 6 nitrogen and oxygen atoms in total. The van der Waals surface area contributed by atoms with Gasteiger partial charge in [0, 0.05) is 22.6 Å². The minimum Gasteiger partial charge on any atom is -0.453 e. The molecule has 0 amide bonds. The molecule has 0 atom stereocenters. The molecular weight excluding hydrogens is 350 g/mol. The predicted molar refractivity (Wildman–Crippen MR) is 102 cm³/mol. The minimum absolute atomic E-state index is 0.519. The fourth-order valence-corrected chi connectivity index (χ4v) is 3.14. The number of furan rings is 1. The first-order valence-corrected chi connectivity index (χ1v) is 8.89. The van der Waals surface area contributed by atoms with Crippen molar-refractivity contribution in [3.63, 3.8) is 0 Å². The van der Waals surface area contributed by atoms with Crippen molar-refractivity contribution in [2.75, 3.05) is 5.32 Å². The molecule has 2 heterocycles. The summed E-state index contributed by atoms with van der Waals surface area (Å²) in [4.78, 5) is 0. The molecule has 2 aromatic carbocycles. The molecule has 0 radical (unpaired) electrons. The predicted octanol–water partition coefficient (Wildman–Crippen LogP) is 4.83. The first-order valence-electron chi connectivity index (χ1n) is 8.52. The van der Waals surface area contributed by atoms with Crippen LogP contribution in [0.25, 0.3) is 22.6 Å². The Morgan fingerprint density at radius 2 is 2.08 bits per heavy atom. The van der Waals surface area contributed by atoms with Crippen LogP contribution in [0.4, 0.5) is 5.69 Å². The first-order chi connectivity index (χ1) is 12.7. The molecule has 0 fully saturated rings. The maximum atomic E-state index is 6.25. The van der Waals surface area contributed by atoms with E-state index in [0.29, 0.717) is 18.1 Å². The van der Waals surface area contributed by atoms with E-state index in [1.54, 1.807) is 0 Å². The molecule has 4 rings (SSSR count). The highest BCUT2D eigenvalue weighted by Gasteiger charge is 2.10. The molecule has 26 heavy (non-hydrogen) atoms. The largest absolute Gasteiger partial charge is 0.453 e. The van der Waals surface area contributed by atoms with Gasteiger partial charge in [-0.15, -0.1) is 5.10 Å². The molecule has 0 spiro atoms. The third kappa shape index (κ3) is 3.41. The maximum absolute atomic E-state index is 6.25. The number of aromatic nitrogens is 4. The summed E-state index contributed by atoms with van der Waals surface area (Å²) >= 11 is 6.25. The van der Waals surface area contributed by atoms with Crippen LogP contribution in [0.2, 0.25) is 5.02 Å². The van der Waals surface area contributed by atoms with E-state index < -0.39 is 0 Å². The van der Waals surface area contributed by atoms with Crippen LogP contribution < -0.4 is 5.32 Å². The number of hydrogen-bond acceptors (Lipinski definition) is 5. The number of halogens is 1. The summed E-state index contributed by atoms with van der Waals surface area (Å²) in [6, 6.07) is 14.1. The lowest BCUT2D eigenvalue weighted by atomic mass is 10.1. The van der Waals surface area contributed by atoms with Crippen molar-refractivity contribution in [2.45, 2.75) is 26.3 Å². The number of anilines is 1. The summed E-state index contributed by atoms with van der Waals surface area (Å²) in [6.45, 7) is 2.87. The summed E-state index contributed by atoms with van der Waals surface area (Å²) in [5.41, 5.74) is 4.21. The Balaban J connectivity index is 1.51. The maximum Gasteiger partial charge on any atom is 0.215 e. The fraction of sp³-hybridized carbons (Fsp3) is 0.211. The van der Waals surface area contributed by atoms with Gasteiger partial charge in [-0.3, -0.25) is 0 Å². The number of tetrazole rings is 1. The Labute approximate surface area is 155 Å². The lowest BCUT2D eigenvalue weighted by Gasteiger charge is -2.10. The van der Waals surface area contributed by atoms with E-state index in [1.165, 1.54) is 5.56 Å². The van der Waals surface area contributed by atoms with E-state index in [1.807, 2.05) is 30.3 Å². The molecule has 2 aromatic heterocycles. The summed E-state index contributed by atoms with van der Waals surface area (Å²) in [6.07, 6.45) is 2.05. The average Bonchev–Trinajstić information content (AvgIpc) is 3.31. The van der Waals surface area contributed by atoms with Gasteiger partial charge < -0.3 is 9.73 Å². The van der Waals surface area contributed by atoms with Crippen LogP contribution in [-0.2, 0) is 13.0 Å². The van der Waals surface area contributed by atoms with Crippen LogP contribution in [0.15, 0.2) is 46.9 Å². The standard InChI is InChI=1S/C19H18ClN5O/c1-2-3-13-9-15(5-6-16(13)20)21-11-12-4-7-17-14(8-12)10-18(26-17)19-22-24-25-23-19/h4-10,21H,2-3,11H2,1H3,(H,22,23,24,25). The smallest absolute Gasteiger partial charge is 0.215 e. The average molecular weight is 368 g/mol. The van der Waals surface area contributed by atoms with Crippen molar-refractivity contribution in [3.8, 4) is 11.6 Å². The molecule has 4 aromatic rings. The third-order valence-electron chi connectivity index (χ3n) is 4.22. The zero-order valence-electron chi connectivity index (χ0n) is 14.3. The Morgan fingerprint density at radius 1 is 1.15 bits per heavy atom. The molecule has 0 aliphatic heterocycles. The normalized spacial score (nSPS) is 11.2. The molecule has 2 N–H and O–H groups in total. The van der Waals surface area contributed by atoms with Crippen molar-refractivity contribution < 1.29 is 4.42 Å². The van der Waals surface area contributed by atoms with Gasteiger partial charge in [-0.2, -0.15) is 0 Å². The Bertz CT molecular complexity index is 1030. The lowest BCUT2D eigenvalue weighted by Crippen LogP contribution is -2.00. The zero-order chi connectivity index (χ0) is 17.9. The number of H-pyrrole nitrogens is 1. The number of hydrogen-bond donors (Lipinski definition) is 2. The fourth-order valence-electron chi connectivity index (χ4n) is 2.93. The van der Waals surface area contributed by atoms with Crippen LogP contribution >= 0.6 is 11.6 Å². The highest BCUT2D eigenvalue weighted by Crippen LogP contribution is 2.27. The SMILES string of the molecule is CCCc1cc(NCc2ccc3oc(-c4nnn[nH]4)cc3c2)ccc1Cl. The topological polar surface area (TPSA) is 79.6 Å². The Hall–Kier alpha value is -2.86. The number of rotatable bonds is 6. The van der Waals surface area contributed by atoms with Crippen molar-refractivity contribution in [1.82, 2.24) is 20.6 Å². The second kappa shape index (κ2) is 7.17. The van der Waals surface area contributed by atoms with Crippen molar-refractivity contribution in [1.29, 1.82) is 0 Å². The van der Waals surface area contributed by atoms with Crippen molar-refractivity contribution >= 4 is 28.3 Å². The summed E-state index contributed by atoms with van der Waals surface area (Å²) in [5.74, 6) is 1.14. The van der Waals surface area contributed by atoms with Crippen LogP contribution in [-0.4, -0.2) is 20.6 Å². The first kappa shape index (κ1) is 16.6. The molecule has 0 aliphatic carbocycles. The second-order valence-electron chi connectivity index (χ2n) is 6.14. The van der Waals surface area contributed by atoms with E-state index in [2.05, 4.69) is 45.0 Å². The zero-order valence-corrected chi connectivity index (χ0v) is 15.0. The molecule has 0 unspecified atom stereocenters. The molecule has 0 bridgehead atoms. The van der Waals surface area contributed by atoms with Gasteiger partial charge in [0.25, 0.3) is 0 Å². The molecule has 0 saturated carbocycles. The van der Waals surface area contributed by atoms with Crippen LogP contribution in [0.1, 0.15) is 24.5 Å². The van der Waals surface area contributed by atoms with E-state index in [9.17, 15) is 0 Å². The van der Waals surface area contributed by atoms with Gasteiger partial charge in [0.05, 0.1) is 0 Å². The Morgan fingerprint density at radius 3 is 2.88 bits per heavy atom. The van der Waals surface area contributed by atoms with Crippen LogP contribution in [0, 0.1) is 0 Å². The number of nitrogens with zero attached hydrogens (tertiary/aromatic N) is 3. The van der Waals surface area contributed by atoms with Crippen molar-refractivity contribution in [2.24, 2.45) is 0 Å². The molecule has 132 valence electrons. The van der Waals surface area contributed by atoms with E-state index in [0.717, 1.165) is 40.1 Å². The van der Waals surface area contributed by atoms with Crippen LogP contribution in [0.5, 0.6) is 0 Å². The minimum atomic E-state index is 0.519. The van der Waals surface area contributed by atoms with Gasteiger partial charge in [0.1, 0.15) is 5.58 Å². The van der Waals surface area contributed by atoms with Gasteiger partial charge in [-0.25, -0.2) is 5.10 Å². The number of benzene rings is 2. The summed E-state index contributed by atoms with van der Waals surface area (Å²) in [7, 11) is 0. The van der Waals surface area contributed by atoms with Gasteiger partial charge in [-0.05, 0) is 64.4 Å². The van der Waals surface area contributed by atoms with Gasteiger partial charge in [0.2, 0.25) is 5.82 Å². The number of aromatic amines is 1. The summed E-state index contributed by atoms with van der Waals surface area (Å²) < 4.78 is 5.78. The monoisotopic (exact) mass is 367 g/mol. The van der Waals surface area contributed by atoms with Crippen LogP contribution in [0.3, 0.4) is 0 Å².